The van der Waals surface area contributed by atoms with Gasteiger partial charge in [-0.3, -0.25) is 0 Å². The number of rotatable bonds is 4. The summed E-state index contributed by atoms with van der Waals surface area (Å²) in [6.07, 6.45) is 4.37. The second-order valence-electron chi connectivity index (χ2n) is 14.3. The molecule has 52 heavy (non-hydrogen) atoms. The van der Waals surface area contributed by atoms with Gasteiger partial charge in [0.2, 0.25) is 11.0 Å². The Morgan fingerprint density at radius 1 is 0.404 bits per heavy atom. The van der Waals surface area contributed by atoms with E-state index in [1.54, 1.807) is 0 Å². The molecule has 4 nitrogen and oxygen atoms in total. The van der Waals surface area contributed by atoms with Crippen LogP contribution >= 0.6 is 0 Å². The first kappa shape index (κ1) is 30.3. The van der Waals surface area contributed by atoms with E-state index in [1.807, 2.05) is 0 Å². The van der Waals surface area contributed by atoms with Gasteiger partial charge in [-0.2, -0.15) is 0 Å². The van der Waals surface area contributed by atoms with E-state index in [0.717, 1.165) is 77.9 Å². The van der Waals surface area contributed by atoms with Crippen LogP contribution in [0.4, 0.5) is 0 Å². The van der Waals surface area contributed by atoms with Crippen LogP contribution in [0.5, 0.6) is 0 Å². The normalized spacial score (nSPS) is 12.2. The summed E-state index contributed by atoms with van der Waals surface area (Å²) >= 11 is 0. The smallest absolute Gasteiger partial charge is 0.247 e. The number of nitrogens with one attached hydrogen (secondary N) is 1. The highest BCUT2D eigenvalue weighted by Crippen LogP contribution is 2.39. The van der Waals surface area contributed by atoms with Crippen molar-refractivity contribution in [2.24, 2.45) is 0 Å². The van der Waals surface area contributed by atoms with Gasteiger partial charge in [-0.05, 0) is 86.4 Å². The Balaban J connectivity index is 1.47. The molecule has 1 N–H and O–H groups in total. The van der Waals surface area contributed by atoms with E-state index in [2.05, 4.69) is 187 Å². The summed E-state index contributed by atoms with van der Waals surface area (Å²) < 4.78 is 4.85. The van der Waals surface area contributed by atoms with E-state index >= 15 is 0 Å². The second-order valence-corrected chi connectivity index (χ2v) is 14.3. The van der Waals surface area contributed by atoms with Gasteiger partial charge in [0.15, 0.2) is 0 Å². The highest BCUT2D eigenvalue weighted by Gasteiger charge is 2.29. The first-order valence-electron chi connectivity index (χ1n) is 18.0. The van der Waals surface area contributed by atoms with Gasteiger partial charge in [0.1, 0.15) is 11.0 Å². The Hall–Kier alpha value is -6.52. The lowest BCUT2D eigenvalue weighted by Crippen LogP contribution is -2.26. The number of aromatic nitrogens is 4. The van der Waals surface area contributed by atoms with Crippen molar-refractivity contribution in [3.8, 4) is 44.5 Å². The van der Waals surface area contributed by atoms with Crippen LogP contribution in [0.2, 0.25) is 0 Å². The molecule has 0 unspecified atom stereocenters. The summed E-state index contributed by atoms with van der Waals surface area (Å²) in [4.78, 5) is 9.39. The maximum absolute atomic E-state index is 5.48. The van der Waals surface area contributed by atoms with Crippen molar-refractivity contribution >= 4 is 45.3 Å². The molecule has 1 aliphatic rings. The number of aromatic amines is 1. The number of benzene rings is 4. The monoisotopic (exact) mass is 669 g/mol. The fourth-order valence-electron chi connectivity index (χ4n) is 7.99. The highest BCUT2D eigenvalue weighted by atomic mass is 15.3. The van der Waals surface area contributed by atoms with Crippen molar-refractivity contribution in [2.75, 3.05) is 0 Å². The predicted octanol–water partition coefficient (Wildman–Crippen LogP) is 11.7. The van der Waals surface area contributed by atoms with Gasteiger partial charge >= 0.3 is 0 Å². The molecular weight excluding hydrogens is 633 g/mol. The van der Waals surface area contributed by atoms with Gasteiger partial charge in [-0.15, -0.1) is 4.52 Å². The summed E-state index contributed by atoms with van der Waals surface area (Å²) in [5.41, 5.74) is 22.6. The van der Waals surface area contributed by atoms with Crippen LogP contribution in [0.15, 0.2) is 133 Å². The molecule has 0 atom stereocenters. The highest BCUT2D eigenvalue weighted by molar-refractivity contribution is 6.01. The van der Waals surface area contributed by atoms with Crippen LogP contribution in [0.3, 0.4) is 0 Å². The van der Waals surface area contributed by atoms with Gasteiger partial charge in [0, 0.05) is 28.8 Å². The number of hydrogen-bond acceptors (Lipinski definition) is 1. The van der Waals surface area contributed by atoms with E-state index < -0.39 is 0 Å². The standard InChI is InChI=1S/C48H36N4/c1-29-5-13-33(14-6-29)45-37-21-23-39(49-37)46(34-15-7-30(2)8-16-34)41-25-27-43-48(36-19-11-32(4)12-20-36)44-28-26-42(52(44)51(41)43)47(40-24-22-38(45)50-40)35-17-9-31(3)10-18-35/h5-28H,1-4H3/p+1. The summed E-state index contributed by atoms with van der Waals surface area (Å²) in [7, 11) is 0. The fourth-order valence-corrected chi connectivity index (χ4v) is 7.99. The summed E-state index contributed by atoms with van der Waals surface area (Å²) in [6, 6.07) is 49.1. The lowest BCUT2D eigenvalue weighted by atomic mass is 10.0. The molecule has 0 radical (unpaired) electrons. The minimum atomic E-state index is 0.938. The minimum absolute atomic E-state index is 0.938. The van der Waals surface area contributed by atoms with Crippen molar-refractivity contribution in [3.05, 3.63) is 167 Å². The molecule has 4 aromatic carbocycles. The molecule has 10 rings (SSSR count). The van der Waals surface area contributed by atoms with Crippen LogP contribution in [0.25, 0.3) is 89.8 Å². The molecule has 0 spiro atoms. The molecule has 0 saturated carbocycles. The lowest BCUT2D eigenvalue weighted by molar-refractivity contribution is -0.556. The number of aryl methyl sites for hydroxylation is 4. The van der Waals surface area contributed by atoms with Crippen LogP contribution in [0, 0.1) is 27.7 Å². The van der Waals surface area contributed by atoms with Crippen LogP contribution < -0.4 is 4.52 Å². The quantitative estimate of drug-likeness (QED) is 0.186. The average Bonchev–Trinajstić information content (AvgIpc) is 3.99. The zero-order chi connectivity index (χ0) is 35.1. The molecule has 6 heterocycles. The molecule has 0 saturated heterocycles. The van der Waals surface area contributed by atoms with Gasteiger partial charge in [-0.25, -0.2) is 4.98 Å². The zero-order valence-electron chi connectivity index (χ0n) is 29.7. The van der Waals surface area contributed by atoms with E-state index in [4.69, 9.17) is 4.98 Å². The first-order valence-corrected chi connectivity index (χ1v) is 18.0. The lowest BCUT2D eigenvalue weighted by Gasteiger charge is -2.06. The topological polar surface area (TPSA) is 37.2 Å². The Morgan fingerprint density at radius 3 is 1.31 bits per heavy atom. The predicted molar refractivity (Wildman–Crippen MR) is 216 cm³/mol. The van der Waals surface area contributed by atoms with Gasteiger partial charge < -0.3 is 4.98 Å². The molecule has 0 amide bonds. The van der Waals surface area contributed by atoms with E-state index in [-0.39, 0.29) is 0 Å². The van der Waals surface area contributed by atoms with Crippen molar-refractivity contribution in [1.82, 2.24) is 14.5 Å². The van der Waals surface area contributed by atoms with Crippen molar-refractivity contribution < 1.29 is 4.52 Å². The number of hydrogen-bond donors (Lipinski definition) is 1. The van der Waals surface area contributed by atoms with Crippen molar-refractivity contribution in [2.45, 2.75) is 27.7 Å². The Labute approximate surface area is 302 Å². The molecule has 5 aromatic heterocycles. The molecular formula is C48H37N4+. The zero-order valence-corrected chi connectivity index (χ0v) is 29.7. The van der Waals surface area contributed by atoms with Gasteiger partial charge in [-0.1, -0.05) is 124 Å². The summed E-state index contributed by atoms with van der Waals surface area (Å²) in [5.74, 6) is 0. The third kappa shape index (κ3) is 4.68. The molecule has 248 valence electrons. The van der Waals surface area contributed by atoms with Gasteiger partial charge in [0.05, 0.1) is 28.0 Å². The Kier molecular flexibility index (Phi) is 6.71. The summed E-state index contributed by atoms with van der Waals surface area (Å²) in [5, 5.41) is 0. The number of H-pyrrole nitrogens is 1. The van der Waals surface area contributed by atoms with E-state index in [1.165, 1.54) is 33.4 Å². The van der Waals surface area contributed by atoms with Crippen LogP contribution in [0.1, 0.15) is 33.6 Å². The van der Waals surface area contributed by atoms with E-state index in [9.17, 15) is 0 Å². The minimum Gasteiger partial charge on any atom is -0.354 e. The number of fused-ring (bicyclic) bond motifs is 4. The molecule has 4 heteroatoms. The molecule has 0 aliphatic carbocycles. The largest absolute Gasteiger partial charge is 0.354 e. The Bertz CT molecular complexity index is 2940. The van der Waals surface area contributed by atoms with Crippen LogP contribution in [-0.2, 0) is 0 Å². The molecule has 1 aliphatic heterocycles. The number of nitrogens with zero attached hydrogens (tertiary/aromatic N) is 3. The third-order valence-corrected chi connectivity index (χ3v) is 10.7. The fraction of sp³-hybridized carbons (Fsp3) is 0.0833. The molecule has 4 bridgehead atoms. The molecule has 9 aromatic rings. The Morgan fingerprint density at radius 2 is 0.788 bits per heavy atom. The van der Waals surface area contributed by atoms with Crippen molar-refractivity contribution in [1.29, 1.82) is 0 Å². The first-order chi connectivity index (χ1) is 25.4. The second kappa shape index (κ2) is 11.5. The van der Waals surface area contributed by atoms with Gasteiger partial charge in [0.25, 0.3) is 0 Å². The SMILES string of the molecule is Cc1ccc(-c2c3nc(c(-c4ccc(C)cc4)c4ccc5c(-c6ccc(C)cc6)c6ccc(c(-c7ccc(C)cc7)c7ccc2[nH]7)[n+]6n45)C=C3)cc1. The average molecular weight is 670 g/mol. The van der Waals surface area contributed by atoms with E-state index in [0.29, 0.717) is 0 Å². The van der Waals surface area contributed by atoms with Crippen molar-refractivity contribution in [3.63, 3.8) is 0 Å². The molecule has 0 fully saturated rings. The maximum Gasteiger partial charge on any atom is 0.247 e. The maximum atomic E-state index is 5.48. The summed E-state index contributed by atoms with van der Waals surface area (Å²) in [6.45, 7) is 8.57. The van der Waals surface area contributed by atoms with Crippen LogP contribution in [-0.4, -0.2) is 14.5 Å². The third-order valence-electron chi connectivity index (χ3n) is 10.7.